The number of rotatable bonds is 6. The topological polar surface area (TPSA) is 43.2 Å². The predicted molar refractivity (Wildman–Crippen MR) is 107 cm³/mol. The molecule has 0 heterocycles. The van der Waals surface area contributed by atoms with E-state index in [1.165, 1.54) is 13.2 Å². The van der Waals surface area contributed by atoms with Crippen molar-refractivity contribution in [1.82, 2.24) is 0 Å². The van der Waals surface area contributed by atoms with E-state index < -0.39 is 11.7 Å². The van der Waals surface area contributed by atoms with Gasteiger partial charge in [-0.15, -0.1) is 0 Å². The van der Waals surface area contributed by atoms with Gasteiger partial charge in [-0.1, -0.05) is 41.6 Å². The van der Waals surface area contributed by atoms with Crippen LogP contribution >= 0.6 is 12.2 Å². The lowest BCUT2D eigenvalue weighted by atomic mass is 10.0. The zero-order valence-electron chi connectivity index (χ0n) is 15.6. The van der Waals surface area contributed by atoms with Gasteiger partial charge in [0.1, 0.15) is 12.3 Å². The molecule has 2 aromatic carbocycles. The van der Waals surface area contributed by atoms with Crippen LogP contribution < -0.4 is 0 Å². The van der Waals surface area contributed by atoms with Crippen molar-refractivity contribution in [3.05, 3.63) is 70.8 Å². The molecule has 0 fully saturated rings. The number of hydrogen-bond acceptors (Lipinski definition) is 5. The van der Waals surface area contributed by atoms with Crippen molar-refractivity contribution in [1.29, 1.82) is 0 Å². The highest BCUT2D eigenvalue weighted by molar-refractivity contribution is 7.81. The fraction of sp³-hybridized carbons (Fsp3) is 0.250. The molecule has 0 aliphatic rings. The van der Waals surface area contributed by atoms with Gasteiger partial charge in [0.05, 0.1) is 18.4 Å². The molecule has 0 bridgehead atoms. The highest BCUT2D eigenvalue weighted by Gasteiger charge is 2.30. The van der Waals surface area contributed by atoms with Crippen LogP contribution in [0.1, 0.15) is 29.2 Å². The minimum Gasteiger partial charge on any atom is -0.485 e. The Labute approximate surface area is 166 Å². The van der Waals surface area contributed by atoms with Crippen LogP contribution in [0.25, 0.3) is 0 Å². The van der Waals surface area contributed by atoms with E-state index in [-0.39, 0.29) is 11.7 Å². The summed E-state index contributed by atoms with van der Waals surface area (Å²) in [7, 11) is 3.07. The monoisotopic (exact) mass is 408 g/mol. The predicted octanol–water partition coefficient (Wildman–Crippen LogP) is 5.04. The average Bonchev–Trinajstić information content (AvgIpc) is 2.68. The van der Waals surface area contributed by atoms with Crippen molar-refractivity contribution in [3.8, 4) is 0 Å². The van der Waals surface area contributed by atoms with Gasteiger partial charge in [-0.05, 0) is 36.8 Å². The molecule has 0 aromatic heterocycles. The number of oxime groups is 1. The van der Waals surface area contributed by atoms with E-state index in [4.69, 9.17) is 21.8 Å². The lowest BCUT2D eigenvalue weighted by Gasteiger charge is -2.12. The van der Waals surface area contributed by atoms with Crippen molar-refractivity contribution in [2.75, 3.05) is 14.2 Å². The Morgan fingerprint density at radius 1 is 1.11 bits per heavy atom. The van der Waals surface area contributed by atoms with Gasteiger partial charge in [0.25, 0.3) is 0 Å². The van der Waals surface area contributed by atoms with Crippen molar-refractivity contribution >= 4 is 28.7 Å². The van der Waals surface area contributed by atoms with Crippen molar-refractivity contribution < 1.29 is 22.7 Å². The van der Waals surface area contributed by atoms with E-state index in [0.717, 1.165) is 23.3 Å². The number of halogens is 3. The second kappa shape index (κ2) is 9.45. The number of alkyl halides is 3. The fourth-order valence-electron chi connectivity index (χ4n) is 2.47. The van der Waals surface area contributed by atoms with Crippen molar-refractivity contribution in [3.63, 3.8) is 0 Å². The summed E-state index contributed by atoms with van der Waals surface area (Å²) < 4.78 is 43.6. The summed E-state index contributed by atoms with van der Waals surface area (Å²) in [4.78, 5) is 9.54. The van der Waals surface area contributed by atoms with Crippen molar-refractivity contribution in [2.24, 2.45) is 10.1 Å². The Kier molecular flexibility index (Phi) is 7.28. The van der Waals surface area contributed by atoms with Gasteiger partial charge in [0.15, 0.2) is 0 Å². The normalized spacial score (nSPS) is 12.6. The zero-order chi connectivity index (χ0) is 20.7. The molecule has 28 heavy (non-hydrogen) atoms. The number of thiocarbonyl (C=S) groups is 1. The molecule has 0 spiro atoms. The molecule has 0 unspecified atom stereocenters. The van der Waals surface area contributed by atoms with Crippen molar-refractivity contribution in [2.45, 2.75) is 19.7 Å². The molecule has 0 aliphatic carbocycles. The maximum Gasteiger partial charge on any atom is 0.416 e. The van der Waals surface area contributed by atoms with Gasteiger partial charge < -0.3 is 9.57 Å². The third kappa shape index (κ3) is 5.39. The molecular weight excluding hydrogens is 389 g/mol. The van der Waals surface area contributed by atoms with E-state index in [2.05, 4.69) is 10.1 Å². The van der Waals surface area contributed by atoms with Gasteiger partial charge in [0, 0.05) is 18.2 Å². The molecule has 0 saturated carbocycles. The average molecular weight is 408 g/mol. The highest BCUT2D eigenvalue weighted by Crippen LogP contribution is 2.29. The smallest absolute Gasteiger partial charge is 0.416 e. The van der Waals surface area contributed by atoms with Crippen LogP contribution in [0.2, 0.25) is 0 Å². The zero-order valence-corrected chi connectivity index (χ0v) is 16.4. The minimum atomic E-state index is -4.41. The van der Waals surface area contributed by atoms with Crippen LogP contribution in [0.15, 0.2) is 58.7 Å². The van der Waals surface area contributed by atoms with Gasteiger partial charge in [-0.25, -0.2) is 0 Å². The second-order valence-electron chi connectivity index (χ2n) is 5.75. The van der Waals surface area contributed by atoms with Crippen LogP contribution in [0.4, 0.5) is 13.2 Å². The molecule has 0 radical (unpaired) electrons. The Morgan fingerprint density at radius 2 is 1.82 bits per heavy atom. The largest absolute Gasteiger partial charge is 0.485 e. The number of ether oxygens (including phenoxy) is 1. The molecule has 0 aliphatic heterocycles. The summed E-state index contributed by atoms with van der Waals surface area (Å²) in [6.07, 6.45) is -4.41. The molecule has 8 heteroatoms. The Hall–Kier alpha value is -2.74. The van der Waals surface area contributed by atoms with Gasteiger partial charge in [-0.3, -0.25) is 4.99 Å². The molecule has 4 nitrogen and oxygen atoms in total. The molecule has 0 N–H and O–H groups in total. The SMILES string of the molecule is CN=C(C(=S)OC)c1ccccc1CO/N=C(\C)c1cccc(C(F)(F)F)c1. The first-order valence-electron chi connectivity index (χ1n) is 8.25. The molecule has 0 amide bonds. The van der Waals surface area contributed by atoms with Crippen LogP contribution in [0.5, 0.6) is 0 Å². The summed E-state index contributed by atoms with van der Waals surface area (Å²) in [5.74, 6) is 0. The van der Waals surface area contributed by atoms with Crippen LogP contribution in [0, 0.1) is 0 Å². The first-order chi connectivity index (χ1) is 13.3. The summed E-state index contributed by atoms with van der Waals surface area (Å²) in [6.45, 7) is 1.68. The summed E-state index contributed by atoms with van der Waals surface area (Å²) in [5.41, 5.74) is 1.95. The molecular formula is C20H19F3N2O2S. The molecule has 148 valence electrons. The maximum absolute atomic E-state index is 12.8. The first kappa shape index (κ1) is 21.6. The van der Waals surface area contributed by atoms with E-state index >= 15 is 0 Å². The standard InChI is InChI=1S/C20H19F3N2O2S/c1-13(14-8-6-9-16(11-14)20(21,22)23)25-27-12-15-7-4-5-10-17(15)18(24-2)19(28)26-3/h4-11H,12H2,1-3H3/b24-18?,25-13+. The number of hydrogen-bond donors (Lipinski definition) is 0. The van der Waals surface area contributed by atoms with E-state index in [0.29, 0.717) is 17.0 Å². The lowest BCUT2D eigenvalue weighted by molar-refractivity contribution is -0.137. The van der Waals surface area contributed by atoms with Gasteiger partial charge in [-0.2, -0.15) is 13.2 Å². The molecule has 0 atom stereocenters. The lowest BCUT2D eigenvalue weighted by Crippen LogP contribution is -2.17. The number of benzene rings is 2. The Bertz CT molecular complexity index is 908. The maximum atomic E-state index is 12.8. The van der Waals surface area contributed by atoms with Gasteiger partial charge in [0.2, 0.25) is 5.05 Å². The second-order valence-corrected chi connectivity index (χ2v) is 6.12. The third-order valence-electron chi connectivity index (χ3n) is 3.90. The summed E-state index contributed by atoms with van der Waals surface area (Å²) in [5, 5.41) is 4.20. The minimum absolute atomic E-state index is 0.0951. The van der Waals surface area contributed by atoms with Crippen LogP contribution in [-0.4, -0.2) is 30.6 Å². The Balaban J connectivity index is 2.18. The van der Waals surface area contributed by atoms with E-state index in [1.807, 2.05) is 24.3 Å². The van der Waals surface area contributed by atoms with Crippen LogP contribution in [0.3, 0.4) is 0 Å². The fourth-order valence-corrected chi connectivity index (χ4v) is 2.67. The summed E-state index contributed by atoms with van der Waals surface area (Å²) in [6, 6.07) is 12.2. The number of nitrogens with zero attached hydrogens (tertiary/aromatic N) is 2. The summed E-state index contributed by atoms with van der Waals surface area (Å²) >= 11 is 5.16. The van der Waals surface area contributed by atoms with E-state index in [1.54, 1.807) is 20.0 Å². The number of aliphatic imine (C=N–C) groups is 1. The van der Waals surface area contributed by atoms with E-state index in [9.17, 15) is 13.2 Å². The third-order valence-corrected chi connectivity index (χ3v) is 4.26. The Morgan fingerprint density at radius 3 is 2.46 bits per heavy atom. The molecule has 2 aromatic rings. The highest BCUT2D eigenvalue weighted by atomic mass is 32.1. The van der Waals surface area contributed by atoms with Gasteiger partial charge >= 0.3 is 6.18 Å². The molecule has 0 saturated heterocycles. The quantitative estimate of drug-likeness (QED) is 0.382. The first-order valence-corrected chi connectivity index (χ1v) is 8.66. The van der Waals surface area contributed by atoms with Crippen LogP contribution in [-0.2, 0) is 22.4 Å². The molecule has 2 rings (SSSR count). The number of methoxy groups -OCH3 is 1.